The lowest BCUT2D eigenvalue weighted by Gasteiger charge is -2.27. The maximum Gasteiger partial charge on any atom is 0.333 e. The summed E-state index contributed by atoms with van der Waals surface area (Å²) < 4.78 is 71.4. The van der Waals surface area contributed by atoms with E-state index in [-0.39, 0.29) is 29.1 Å². The first-order valence-corrected chi connectivity index (χ1v) is 23.6. The zero-order valence-corrected chi connectivity index (χ0v) is 37.6. The van der Waals surface area contributed by atoms with Crippen LogP contribution < -0.4 is 4.90 Å². The summed E-state index contributed by atoms with van der Waals surface area (Å²) in [6.07, 6.45) is 11.9. The normalized spacial score (nSPS) is 18.1. The van der Waals surface area contributed by atoms with Crippen molar-refractivity contribution in [2.24, 2.45) is 0 Å². The minimum absolute atomic E-state index is 0.0268. The van der Waals surface area contributed by atoms with Crippen molar-refractivity contribution in [3.8, 4) is 0 Å². The Morgan fingerprint density at radius 3 is 1.92 bits per heavy atom. The number of aryl methyl sites for hydroxylation is 2. The molecule has 62 heavy (non-hydrogen) atoms. The van der Waals surface area contributed by atoms with Crippen molar-refractivity contribution < 1.29 is 49.7 Å². The van der Waals surface area contributed by atoms with E-state index < -0.39 is 48.8 Å². The number of unbranched alkanes of at least 4 members (excludes halogenated alkanes) is 2. The number of imide groups is 1. The molecule has 0 atom stereocenters. The summed E-state index contributed by atoms with van der Waals surface area (Å²) >= 11 is 0. The van der Waals surface area contributed by atoms with Gasteiger partial charge < -0.3 is 9.74 Å². The summed E-state index contributed by atoms with van der Waals surface area (Å²) in [6, 6.07) is 14.1. The smallest absolute Gasteiger partial charge is 0.333 e. The molecule has 0 bridgehead atoms. The van der Waals surface area contributed by atoms with Gasteiger partial charge in [0.15, 0.2) is 5.71 Å². The fourth-order valence-corrected chi connectivity index (χ4v) is 10.6. The van der Waals surface area contributed by atoms with E-state index in [0.29, 0.717) is 43.0 Å². The maximum absolute atomic E-state index is 12.5. The van der Waals surface area contributed by atoms with Gasteiger partial charge in [0.2, 0.25) is 5.69 Å². The molecule has 2 N–H and O–H groups in total. The second-order valence-corrected chi connectivity index (χ2v) is 20.1. The summed E-state index contributed by atoms with van der Waals surface area (Å²) in [4.78, 5) is 43.1. The van der Waals surface area contributed by atoms with Crippen LogP contribution in [0.2, 0.25) is 0 Å². The molecule has 1 fully saturated rings. The summed E-state index contributed by atoms with van der Waals surface area (Å²) in [6.45, 7) is 15.3. The molecule has 1 saturated heterocycles. The largest absolute Gasteiger partial charge is 0.344 e. The van der Waals surface area contributed by atoms with Crippen LogP contribution in [-0.4, -0.2) is 72.2 Å². The number of hydroxylamine groups is 2. The Bertz CT molecular complexity index is 2930. The van der Waals surface area contributed by atoms with Crippen molar-refractivity contribution in [2.75, 3.05) is 18.0 Å². The highest BCUT2D eigenvalue weighted by Gasteiger charge is 2.45. The molecule has 3 aliphatic heterocycles. The number of hydrogen-bond donors (Lipinski definition) is 2. The topological polar surface area (TPSA) is 179 Å². The van der Waals surface area contributed by atoms with Crippen molar-refractivity contribution in [1.29, 1.82) is 0 Å². The van der Waals surface area contributed by atoms with Gasteiger partial charge in [0.1, 0.15) is 6.54 Å². The number of carbonyl (C=O) groups excluding carboxylic acids is 3. The van der Waals surface area contributed by atoms with Crippen molar-refractivity contribution >= 4 is 76.7 Å². The number of nitrogens with zero attached hydrogens (tertiary/aromatic N) is 3. The molecule has 13 nitrogen and oxygen atoms in total. The van der Waals surface area contributed by atoms with Crippen molar-refractivity contribution in [2.45, 2.75) is 108 Å². The Morgan fingerprint density at radius 2 is 1.34 bits per heavy atom. The minimum Gasteiger partial charge on any atom is -0.344 e. The van der Waals surface area contributed by atoms with E-state index in [1.807, 2.05) is 56.4 Å². The molecule has 4 aromatic carbocycles. The van der Waals surface area contributed by atoms with Crippen LogP contribution >= 0.6 is 0 Å². The third-order valence-electron chi connectivity index (χ3n) is 12.4. The van der Waals surface area contributed by atoms with Crippen molar-refractivity contribution in [1.82, 2.24) is 5.06 Å². The van der Waals surface area contributed by atoms with Gasteiger partial charge in [0.25, 0.3) is 32.1 Å². The summed E-state index contributed by atoms with van der Waals surface area (Å²) in [5.41, 5.74) is 6.06. The lowest BCUT2D eigenvalue weighted by molar-refractivity contribution is -0.433. The van der Waals surface area contributed by atoms with Gasteiger partial charge >= 0.3 is 5.97 Å². The minimum atomic E-state index is -4.48. The molecule has 0 aliphatic carbocycles. The van der Waals surface area contributed by atoms with Crippen molar-refractivity contribution in [3.05, 3.63) is 107 Å². The fraction of sp³-hybridized carbons (Fsp3) is 0.362. The van der Waals surface area contributed by atoms with Gasteiger partial charge in [0, 0.05) is 60.3 Å². The molecule has 2 amide bonds. The quantitative estimate of drug-likeness (QED) is 0.0433. The number of anilines is 1. The molecule has 3 aliphatic rings. The number of allylic oxidation sites excluding steroid dienone is 6. The van der Waals surface area contributed by atoms with Crippen LogP contribution in [0.25, 0.3) is 21.5 Å². The highest BCUT2D eigenvalue weighted by molar-refractivity contribution is 7.86. The summed E-state index contributed by atoms with van der Waals surface area (Å²) in [7, 11) is -8.91. The van der Waals surface area contributed by atoms with Crippen LogP contribution in [0.1, 0.15) is 95.4 Å². The standard InChI is InChI=1S/C47H51N3O10S2/c1-8-48-37-20-18-33-29(2)25-31(61(54,55)56)27-35(33)44(37)46(4,5)39(48)15-11-9-12-16-40-47(6,7)45-36-28-32(62(57,58)59)26-30(3)34(36)19-21-38(45)49(40)24-14-10-13-17-43(53)60-50-41(51)22-23-42(50)52/h9,11-12,15-16,18-21,25-28H,8,10,13-14,17,22-24H2,1-7H3,(H-,54,55,56,57,58,59)/p+1. The maximum atomic E-state index is 12.5. The van der Waals surface area contributed by atoms with E-state index in [2.05, 4.69) is 56.2 Å². The van der Waals surface area contributed by atoms with Gasteiger partial charge in [-0.3, -0.25) is 18.7 Å². The molecule has 15 heteroatoms. The van der Waals surface area contributed by atoms with Crippen LogP contribution in [-0.2, 0) is 50.3 Å². The highest BCUT2D eigenvalue weighted by Crippen LogP contribution is 2.52. The van der Waals surface area contributed by atoms with Gasteiger partial charge in [0.05, 0.1) is 15.2 Å². The average Bonchev–Trinajstić information content (AvgIpc) is 3.71. The van der Waals surface area contributed by atoms with E-state index in [4.69, 9.17) is 4.84 Å². The molecule has 7 rings (SSSR count). The molecule has 0 radical (unpaired) electrons. The Balaban J connectivity index is 1.18. The first-order valence-electron chi connectivity index (χ1n) is 20.7. The summed E-state index contributed by atoms with van der Waals surface area (Å²) in [5.74, 6) is -1.69. The number of rotatable bonds is 13. The predicted octanol–water partition coefficient (Wildman–Crippen LogP) is 8.46. The third kappa shape index (κ3) is 8.02. The second-order valence-electron chi connectivity index (χ2n) is 17.2. The van der Waals surface area contributed by atoms with E-state index in [0.717, 1.165) is 61.0 Å². The van der Waals surface area contributed by atoms with E-state index in [1.54, 1.807) is 6.07 Å². The number of hydrogen-bond acceptors (Lipinski definition) is 9. The van der Waals surface area contributed by atoms with Crippen molar-refractivity contribution in [3.63, 3.8) is 0 Å². The van der Waals surface area contributed by atoms with E-state index in [9.17, 15) is 40.3 Å². The van der Waals surface area contributed by atoms with Crippen LogP contribution in [0.5, 0.6) is 0 Å². The zero-order valence-electron chi connectivity index (χ0n) is 36.0. The van der Waals surface area contributed by atoms with Crippen LogP contribution in [0.4, 0.5) is 11.4 Å². The average molecular weight is 883 g/mol. The van der Waals surface area contributed by atoms with Gasteiger partial charge in [-0.05, 0) is 128 Å². The second kappa shape index (κ2) is 16.3. The Kier molecular flexibility index (Phi) is 11.7. The molecular weight excluding hydrogens is 831 g/mol. The van der Waals surface area contributed by atoms with E-state index >= 15 is 0 Å². The Labute approximate surface area is 362 Å². The molecule has 4 aromatic rings. The summed E-state index contributed by atoms with van der Waals surface area (Å²) in [5, 5.41) is 3.83. The zero-order chi connectivity index (χ0) is 45.1. The highest BCUT2D eigenvalue weighted by atomic mass is 32.2. The first-order chi connectivity index (χ1) is 29.1. The number of fused-ring (bicyclic) bond motifs is 6. The Hall–Kier alpha value is -5.48. The molecule has 0 aromatic heterocycles. The van der Waals surface area contributed by atoms with Crippen LogP contribution in [0.3, 0.4) is 0 Å². The van der Waals surface area contributed by atoms with Gasteiger partial charge in [-0.2, -0.15) is 21.4 Å². The molecule has 0 saturated carbocycles. The first kappa shape index (κ1) is 44.6. The van der Waals surface area contributed by atoms with E-state index in [1.165, 1.54) is 18.2 Å². The number of benzene rings is 4. The van der Waals surface area contributed by atoms with Gasteiger partial charge in [-0.1, -0.05) is 44.6 Å². The van der Waals surface area contributed by atoms with Gasteiger partial charge in [-0.25, -0.2) is 4.79 Å². The number of carbonyl (C=O) groups is 3. The third-order valence-corrected chi connectivity index (χ3v) is 14.0. The monoisotopic (exact) mass is 882 g/mol. The lowest BCUT2D eigenvalue weighted by Crippen LogP contribution is -2.32. The van der Waals surface area contributed by atoms with Crippen LogP contribution in [0.15, 0.2) is 94.4 Å². The SMILES string of the molecule is CC[N+]1=C(/C=C/C=C/C=C2/N(CCCCCC(=O)ON3C(=O)CCC3=O)c3ccc4c(C)cc(S(=O)(=O)O)cc4c3C2(C)C)C(C)(C)c2c1ccc1c(C)cc(S(=O)(=O)O)cc21. The van der Waals surface area contributed by atoms with Crippen LogP contribution in [0, 0.1) is 13.8 Å². The van der Waals surface area contributed by atoms with Gasteiger partial charge in [-0.15, -0.1) is 5.06 Å². The molecular formula is C47H52N3O10S2+. The molecule has 0 unspecified atom stereocenters. The fourth-order valence-electron chi connectivity index (χ4n) is 9.46. The lowest BCUT2D eigenvalue weighted by atomic mass is 9.78. The molecule has 0 spiro atoms. The molecule has 326 valence electrons. The molecule has 3 heterocycles. The predicted molar refractivity (Wildman–Crippen MR) is 238 cm³/mol. The Morgan fingerprint density at radius 1 is 0.758 bits per heavy atom. The number of amides is 2.